The van der Waals surface area contributed by atoms with Crippen LogP contribution in [-0.4, -0.2) is 27.8 Å². The number of aromatic nitrogens is 3. The van der Waals surface area contributed by atoms with Gasteiger partial charge in [0.25, 0.3) is 0 Å². The maximum atomic E-state index is 12.6. The van der Waals surface area contributed by atoms with E-state index in [1.807, 2.05) is 72.3 Å². The number of rotatable bonds is 9. The van der Waals surface area contributed by atoms with E-state index in [4.69, 9.17) is 16.3 Å². The van der Waals surface area contributed by atoms with Gasteiger partial charge in [0.2, 0.25) is 5.91 Å². The molecule has 2 heterocycles. The lowest BCUT2D eigenvalue weighted by Crippen LogP contribution is -2.29. The zero-order chi connectivity index (χ0) is 24.1. The first-order valence-electron chi connectivity index (χ1n) is 10.7. The lowest BCUT2D eigenvalue weighted by atomic mass is 10.2. The Morgan fingerprint density at radius 2 is 2.06 bits per heavy atom. The van der Waals surface area contributed by atoms with E-state index in [-0.39, 0.29) is 11.9 Å². The lowest BCUT2D eigenvalue weighted by Gasteiger charge is -2.18. The zero-order valence-corrected chi connectivity index (χ0v) is 21.5. The van der Waals surface area contributed by atoms with E-state index >= 15 is 0 Å². The van der Waals surface area contributed by atoms with Crippen LogP contribution < -0.4 is 10.1 Å². The Labute approximate surface area is 212 Å². The molecular formula is C25H25ClN4O2S2. The maximum absolute atomic E-state index is 12.6. The SMILES string of the molecule is COc1cccc(CSc2nnc(C(C)NC(=O)Cc3cccs3)n2-c2cc(Cl)ccc2C)c1. The summed E-state index contributed by atoms with van der Waals surface area (Å²) in [5.74, 6) is 2.09. The van der Waals surface area contributed by atoms with E-state index in [0.717, 1.165) is 32.6 Å². The molecule has 0 fully saturated rings. The maximum Gasteiger partial charge on any atom is 0.225 e. The second kappa shape index (κ2) is 11.1. The van der Waals surface area contributed by atoms with Gasteiger partial charge in [-0.3, -0.25) is 9.36 Å². The van der Waals surface area contributed by atoms with Crippen LogP contribution in [0.2, 0.25) is 5.02 Å². The van der Waals surface area contributed by atoms with Gasteiger partial charge in [-0.15, -0.1) is 21.5 Å². The summed E-state index contributed by atoms with van der Waals surface area (Å²) in [6.07, 6.45) is 0.337. The standard InChI is InChI=1S/C25H25ClN4O2S2/c1-16-9-10-19(26)13-22(16)30-24(17(2)27-23(31)14-21-8-5-11-33-21)28-29-25(30)34-15-18-6-4-7-20(12-18)32-3/h4-13,17H,14-15H2,1-3H3,(H,27,31). The number of thiophene rings is 1. The summed E-state index contributed by atoms with van der Waals surface area (Å²) in [6, 6.07) is 17.2. The highest BCUT2D eigenvalue weighted by Crippen LogP contribution is 2.31. The molecule has 2 aromatic heterocycles. The second-order valence-corrected chi connectivity index (χ2v) is 10.2. The third-order valence-electron chi connectivity index (χ3n) is 5.25. The molecule has 1 amide bonds. The van der Waals surface area contributed by atoms with Crippen LogP contribution in [0.5, 0.6) is 5.75 Å². The van der Waals surface area contributed by atoms with Gasteiger partial charge >= 0.3 is 0 Å². The van der Waals surface area contributed by atoms with Crippen molar-refractivity contribution in [1.82, 2.24) is 20.1 Å². The van der Waals surface area contributed by atoms with Gasteiger partial charge in [-0.05, 0) is 60.7 Å². The van der Waals surface area contributed by atoms with Crippen molar-refractivity contribution in [2.45, 2.75) is 37.2 Å². The van der Waals surface area contributed by atoms with Gasteiger partial charge in [0.1, 0.15) is 5.75 Å². The number of carbonyl (C=O) groups is 1. The van der Waals surface area contributed by atoms with Gasteiger partial charge in [-0.25, -0.2) is 0 Å². The predicted molar refractivity (Wildman–Crippen MR) is 138 cm³/mol. The minimum Gasteiger partial charge on any atom is -0.497 e. The molecule has 0 aliphatic carbocycles. The fourth-order valence-corrected chi connectivity index (χ4v) is 5.31. The Morgan fingerprint density at radius 1 is 1.21 bits per heavy atom. The molecule has 34 heavy (non-hydrogen) atoms. The highest BCUT2D eigenvalue weighted by molar-refractivity contribution is 7.98. The minimum atomic E-state index is -0.343. The smallest absolute Gasteiger partial charge is 0.225 e. The molecule has 1 unspecified atom stereocenters. The van der Waals surface area contributed by atoms with Crippen molar-refractivity contribution in [3.63, 3.8) is 0 Å². The Morgan fingerprint density at radius 3 is 2.82 bits per heavy atom. The quantitative estimate of drug-likeness (QED) is 0.278. The first-order chi connectivity index (χ1) is 16.4. The number of nitrogens with zero attached hydrogens (tertiary/aromatic N) is 3. The van der Waals surface area contributed by atoms with Gasteiger partial charge in [0.05, 0.1) is 25.3 Å². The number of methoxy groups -OCH3 is 1. The van der Waals surface area contributed by atoms with Crippen molar-refractivity contribution in [3.05, 3.63) is 86.8 Å². The molecule has 6 nitrogen and oxygen atoms in total. The van der Waals surface area contributed by atoms with Crippen LogP contribution in [0, 0.1) is 6.92 Å². The number of ether oxygens (including phenoxy) is 1. The Bertz CT molecular complexity index is 1270. The molecule has 4 aromatic rings. The summed E-state index contributed by atoms with van der Waals surface area (Å²) in [4.78, 5) is 13.7. The van der Waals surface area contributed by atoms with E-state index in [0.29, 0.717) is 23.0 Å². The molecule has 0 aliphatic rings. The van der Waals surface area contributed by atoms with E-state index in [1.54, 1.807) is 30.2 Å². The summed E-state index contributed by atoms with van der Waals surface area (Å²) in [5, 5.41) is 15.3. The van der Waals surface area contributed by atoms with E-state index in [2.05, 4.69) is 21.6 Å². The summed E-state index contributed by atoms with van der Waals surface area (Å²) in [7, 11) is 1.66. The first kappa shape index (κ1) is 24.3. The minimum absolute atomic E-state index is 0.0575. The van der Waals surface area contributed by atoms with Crippen LogP contribution in [0.25, 0.3) is 5.69 Å². The predicted octanol–water partition coefficient (Wildman–Crippen LogP) is 6.01. The monoisotopic (exact) mass is 512 g/mol. The Hall–Kier alpha value is -2.81. The molecule has 4 rings (SSSR count). The lowest BCUT2D eigenvalue weighted by molar-refractivity contribution is -0.121. The summed E-state index contributed by atoms with van der Waals surface area (Å²) in [5.41, 5.74) is 3.03. The number of nitrogens with one attached hydrogen (secondary N) is 1. The molecule has 0 bridgehead atoms. The topological polar surface area (TPSA) is 69.0 Å². The number of carbonyl (C=O) groups excluding carboxylic acids is 1. The first-order valence-corrected chi connectivity index (χ1v) is 13.0. The molecule has 0 radical (unpaired) electrons. The van der Waals surface area contributed by atoms with Gasteiger partial charge in [0, 0.05) is 15.7 Å². The molecular weight excluding hydrogens is 488 g/mol. The summed E-state index contributed by atoms with van der Waals surface area (Å²) >= 11 is 9.48. The van der Waals surface area contributed by atoms with Crippen molar-refractivity contribution in [3.8, 4) is 11.4 Å². The molecule has 0 aliphatic heterocycles. The van der Waals surface area contributed by atoms with Crippen LogP contribution in [-0.2, 0) is 17.0 Å². The fourth-order valence-electron chi connectivity index (χ4n) is 3.54. The molecule has 1 atom stereocenters. The average molecular weight is 513 g/mol. The molecule has 9 heteroatoms. The van der Waals surface area contributed by atoms with Crippen LogP contribution in [0.3, 0.4) is 0 Å². The normalized spacial score (nSPS) is 11.9. The van der Waals surface area contributed by atoms with Gasteiger partial charge in [0.15, 0.2) is 11.0 Å². The van der Waals surface area contributed by atoms with Crippen molar-refractivity contribution in [1.29, 1.82) is 0 Å². The van der Waals surface area contributed by atoms with Gasteiger partial charge in [-0.2, -0.15) is 0 Å². The fraction of sp³-hybridized carbons (Fsp3) is 0.240. The number of halogens is 1. The highest BCUT2D eigenvalue weighted by atomic mass is 35.5. The average Bonchev–Trinajstić information content (AvgIpc) is 3.49. The number of thioether (sulfide) groups is 1. The van der Waals surface area contributed by atoms with E-state index in [1.165, 1.54) is 0 Å². The Balaban J connectivity index is 1.62. The van der Waals surface area contributed by atoms with Crippen molar-refractivity contribution < 1.29 is 9.53 Å². The number of benzene rings is 2. The third kappa shape index (κ3) is 5.81. The Kier molecular flexibility index (Phi) is 7.92. The number of hydrogen-bond donors (Lipinski definition) is 1. The summed E-state index contributed by atoms with van der Waals surface area (Å²) in [6.45, 7) is 3.94. The van der Waals surface area contributed by atoms with Crippen LogP contribution in [0.4, 0.5) is 0 Å². The molecule has 0 saturated heterocycles. The molecule has 2 aromatic carbocycles. The zero-order valence-electron chi connectivity index (χ0n) is 19.1. The summed E-state index contributed by atoms with van der Waals surface area (Å²) < 4.78 is 7.33. The molecule has 1 N–H and O–H groups in total. The molecule has 0 saturated carbocycles. The number of amides is 1. The third-order valence-corrected chi connectivity index (χ3v) is 7.36. The second-order valence-electron chi connectivity index (χ2n) is 7.79. The van der Waals surface area contributed by atoms with E-state index in [9.17, 15) is 4.79 Å². The largest absolute Gasteiger partial charge is 0.497 e. The van der Waals surface area contributed by atoms with Crippen LogP contribution in [0.1, 0.15) is 34.8 Å². The number of aryl methyl sites for hydroxylation is 1. The molecule has 0 spiro atoms. The number of hydrogen-bond acceptors (Lipinski definition) is 6. The van der Waals surface area contributed by atoms with Crippen molar-refractivity contribution in [2.24, 2.45) is 0 Å². The van der Waals surface area contributed by atoms with Gasteiger partial charge < -0.3 is 10.1 Å². The van der Waals surface area contributed by atoms with Crippen LogP contribution in [0.15, 0.2) is 65.1 Å². The van der Waals surface area contributed by atoms with E-state index < -0.39 is 0 Å². The molecule has 176 valence electrons. The van der Waals surface area contributed by atoms with Crippen molar-refractivity contribution in [2.75, 3.05) is 7.11 Å². The highest BCUT2D eigenvalue weighted by Gasteiger charge is 2.22. The van der Waals surface area contributed by atoms with Gasteiger partial charge in [-0.1, -0.05) is 47.6 Å². The van der Waals surface area contributed by atoms with Crippen molar-refractivity contribution >= 4 is 40.6 Å². The van der Waals surface area contributed by atoms with Crippen LogP contribution >= 0.6 is 34.7 Å².